The average molecular weight is 223 g/mol. The van der Waals surface area contributed by atoms with Gasteiger partial charge in [0.1, 0.15) is 5.82 Å². The molecule has 1 saturated carbocycles. The number of aromatic nitrogens is 2. The highest BCUT2D eigenvalue weighted by Gasteiger charge is 2.49. The van der Waals surface area contributed by atoms with Gasteiger partial charge in [0.15, 0.2) is 0 Å². The van der Waals surface area contributed by atoms with Crippen molar-refractivity contribution in [1.82, 2.24) is 14.9 Å². The van der Waals surface area contributed by atoms with E-state index in [1.807, 2.05) is 0 Å². The molecule has 6 nitrogen and oxygen atoms in total. The van der Waals surface area contributed by atoms with E-state index < -0.39 is 11.9 Å². The Balaban J connectivity index is 1.89. The van der Waals surface area contributed by atoms with Crippen molar-refractivity contribution in [3.63, 3.8) is 0 Å². The van der Waals surface area contributed by atoms with Crippen LogP contribution in [-0.2, 0) is 16.1 Å². The van der Waals surface area contributed by atoms with Crippen LogP contribution in [0.2, 0.25) is 0 Å². The fourth-order valence-corrected chi connectivity index (χ4v) is 1.71. The Hall–Kier alpha value is -1.85. The molecule has 2 rings (SSSR count). The molecule has 86 valence electrons. The van der Waals surface area contributed by atoms with Gasteiger partial charge in [-0.25, -0.2) is 4.98 Å². The molecule has 1 aliphatic carbocycles. The van der Waals surface area contributed by atoms with Crippen LogP contribution in [0.1, 0.15) is 12.2 Å². The number of rotatable bonds is 4. The third-order valence-corrected chi connectivity index (χ3v) is 2.74. The van der Waals surface area contributed by atoms with Gasteiger partial charge in [-0.1, -0.05) is 0 Å². The SMILES string of the molecule is CN(Cc1ncc[nH]1)C(=O)[C@@H]1C[C@@H]1C(=O)O. The van der Waals surface area contributed by atoms with Crippen molar-refractivity contribution >= 4 is 11.9 Å². The molecule has 2 N–H and O–H groups in total. The Kier molecular flexibility index (Phi) is 2.64. The molecule has 1 fully saturated rings. The number of carboxylic acids is 1. The fourth-order valence-electron chi connectivity index (χ4n) is 1.71. The highest BCUT2D eigenvalue weighted by Crippen LogP contribution is 2.39. The van der Waals surface area contributed by atoms with Crippen LogP contribution in [0, 0.1) is 11.8 Å². The minimum absolute atomic E-state index is 0.121. The number of carboxylic acid groups (broad SMARTS) is 1. The highest BCUT2D eigenvalue weighted by atomic mass is 16.4. The molecule has 1 amide bonds. The summed E-state index contributed by atoms with van der Waals surface area (Å²) in [6.45, 7) is 0.384. The molecule has 0 aliphatic heterocycles. The van der Waals surface area contributed by atoms with E-state index in [9.17, 15) is 9.59 Å². The molecule has 2 atom stereocenters. The van der Waals surface area contributed by atoms with Crippen molar-refractivity contribution in [2.24, 2.45) is 11.8 Å². The number of imidazole rings is 1. The van der Waals surface area contributed by atoms with E-state index in [2.05, 4.69) is 9.97 Å². The van der Waals surface area contributed by atoms with Crippen LogP contribution in [-0.4, -0.2) is 38.9 Å². The molecule has 0 bridgehead atoms. The van der Waals surface area contributed by atoms with Crippen molar-refractivity contribution in [3.8, 4) is 0 Å². The molecule has 1 aromatic rings. The largest absolute Gasteiger partial charge is 0.481 e. The Labute approximate surface area is 92.3 Å². The van der Waals surface area contributed by atoms with Crippen molar-refractivity contribution in [2.45, 2.75) is 13.0 Å². The number of nitrogens with zero attached hydrogens (tertiary/aromatic N) is 2. The van der Waals surface area contributed by atoms with E-state index in [0.29, 0.717) is 18.8 Å². The molecule has 1 heterocycles. The van der Waals surface area contributed by atoms with Gasteiger partial charge in [-0.2, -0.15) is 0 Å². The topological polar surface area (TPSA) is 86.3 Å². The average Bonchev–Trinajstić information content (AvgIpc) is 2.89. The van der Waals surface area contributed by atoms with Gasteiger partial charge in [0, 0.05) is 19.4 Å². The van der Waals surface area contributed by atoms with E-state index in [1.54, 1.807) is 19.4 Å². The van der Waals surface area contributed by atoms with Gasteiger partial charge in [-0.05, 0) is 6.42 Å². The summed E-state index contributed by atoms with van der Waals surface area (Å²) < 4.78 is 0. The molecule has 0 radical (unpaired) electrons. The summed E-state index contributed by atoms with van der Waals surface area (Å²) in [5.41, 5.74) is 0. The van der Waals surface area contributed by atoms with Gasteiger partial charge in [0.05, 0.1) is 18.4 Å². The van der Waals surface area contributed by atoms with Crippen LogP contribution < -0.4 is 0 Å². The van der Waals surface area contributed by atoms with Crippen molar-refractivity contribution in [1.29, 1.82) is 0 Å². The lowest BCUT2D eigenvalue weighted by molar-refractivity contribution is -0.141. The van der Waals surface area contributed by atoms with Crippen LogP contribution in [0.3, 0.4) is 0 Å². The number of nitrogens with one attached hydrogen (secondary N) is 1. The maximum atomic E-state index is 11.8. The molecule has 1 aliphatic rings. The number of aliphatic carboxylic acids is 1. The highest BCUT2D eigenvalue weighted by molar-refractivity contribution is 5.89. The quantitative estimate of drug-likeness (QED) is 0.757. The minimum atomic E-state index is -0.884. The maximum Gasteiger partial charge on any atom is 0.307 e. The summed E-state index contributed by atoms with van der Waals surface area (Å²) in [4.78, 5) is 30.8. The normalized spacial score (nSPS) is 22.8. The smallest absolute Gasteiger partial charge is 0.307 e. The number of carbonyl (C=O) groups is 2. The summed E-state index contributed by atoms with van der Waals surface area (Å²) >= 11 is 0. The predicted octanol–water partition coefficient (Wildman–Crippen LogP) is 0.0888. The zero-order valence-corrected chi connectivity index (χ0v) is 8.88. The van der Waals surface area contributed by atoms with E-state index >= 15 is 0 Å². The van der Waals surface area contributed by atoms with Crippen LogP contribution in [0.25, 0.3) is 0 Å². The summed E-state index contributed by atoms with van der Waals surface area (Å²) in [5, 5.41) is 8.72. The molecule has 0 aromatic carbocycles. The zero-order valence-electron chi connectivity index (χ0n) is 8.88. The Morgan fingerprint density at radius 3 is 2.88 bits per heavy atom. The van der Waals surface area contributed by atoms with Gasteiger partial charge in [-0.15, -0.1) is 0 Å². The number of carbonyl (C=O) groups excluding carboxylic acids is 1. The monoisotopic (exact) mass is 223 g/mol. The van der Waals surface area contributed by atoms with Crippen LogP contribution in [0.15, 0.2) is 12.4 Å². The van der Waals surface area contributed by atoms with E-state index in [4.69, 9.17) is 5.11 Å². The molecular formula is C10H13N3O3. The second-order valence-corrected chi connectivity index (χ2v) is 4.02. The molecule has 0 saturated heterocycles. The Morgan fingerprint density at radius 2 is 2.38 bits per heavy atom. The lowest BCUT2D eigenvalue weighted by Crippen LogP contribution is -2.29. The van der Waals surface area contributed by atoms with Crippen molar-refractivity contribution in [3.05, 3.63) is 18.2 Å². The van der Waals surface area contributed by atoms with Crippen LogP contribution in [0.5, 0.6) is 0 Å². The van der Waals surface area contributed by atoms with Gasteiger partial charge >= 0.3 is 5.97 Å². The zero-order chi connectivity index (χ0) is 11.7. The van der Waals surface area contributed by atoms with Gasteiger partial charge in [-0.3, -0.25) is 9.59 Å². The van der Waals surface area contributed by atoms with E-state index in [-0.39, 0.29) is 11.8 Å². The van der Waals surface area contributed by atoms with Crippen molar-refractivity contribution in [2.75, 3.05) is 7.05 Å². The lowest BCUT2D eigenvalue weighted by atomic mass is 10.3. The molecule has 6 heteroatoms. The Morgan fingerprint density at radius 1 is 1.62 bits per heavy atom. The lowest BCUT2D eigenvalue weighted by Gasteiger charge is -2.15. The second-order valence-electron chi connectivity index (χ2n) is 4.02. The third-order valence-electron chi connectivity index (χ3n) is 2.74. The first-order valence-corrected chi connectivity index (χ1v) is 5.05. The number of H-pyrrole nitrogens is 1. The minimum Gasteiger partial charge on any atom is -0.481 e. The standard InChI is InChI=1S/C10H13N3O3/c1-13(5-8-11-2-3-12-8)9(14)6-4-7(6)10(15)16/h2-3,6-7H,4-5H2,1H3,(H,11,12)(H,15,16)/t6-,7+/m1/s1. The number of hydrogen-bond donors (Lipinski definition) is 2. The molecule has 1 aromatic heterocycles. The van der Waals surface area contributed by atoms with Crippen LogP contribution >= 0.6 is 0 Å². The van der Waals surface area contributed by atoms with E-state index in [0.717, 1.165) is 0 Å². The predicted molar refractivity (Wildman–Crippen MR) is 54.3 cm³/mol. The number of hydrogen-bond acceptors (Lipinski definition) is 3. The van der Waals surface area contributed by atoms with Gasteiger partial charge in [0.2, 0.25) is 5.91 Å². The molecule has 16 heavy (non-hydrogen) atoms. The molecule has 0 unspecified atom stereocenters. The third kappa shape index (κ3) is 2.05. The first-order chi connectivity index (χ1) is 7.59. The number of aromatic amines is 1. The molecule has 0 spiro atoms. The van der Waals surface area contributed by atoms with Crippen LogP contribution in [0.4, 0.5) is 0 Å². The maximum absolute atomic E-state index is 11.8. The van der Waals surface area contributed by atoms with Gasteiger partial charge in [0.25, 0.3) is 0 Å². The number of amides is 1. The van der Waals surface area contributed by atoms with E-state index in [1.165, 1.54) is 4.90 Å². The summed E-state index contributed by atoms with van der Waals surface area (Å²) in [6.07, 6.45) is 3.76. The summed E-state index contributed by atoms with van der Waals surface area (Å²) in [5.74, 6) is -1.15. The summed E-state index contributed by atoms with van der Waals surface area (Å²) in [7, 11) is 1.65. The first-order valence-electron chi connectivity index (χ1n) is 5.05. The fraction of sp³-hybridized carbons (Fsp3) is 0.500. The first kappa shape index (κ1) is 10.7. The van der Waals surface area contributed by atoms with Gasteiger partial charge < -0.3 is 15.0 Å². The summed E-state index contributed by atoms with van der Waals surface area (Å²) in [6, 6.07) is 0. The Bertz CT molecular complexity index is 401. The molecular weight excluding hydrogens is 210 g/mol. The second kappa shape index (κ2) is 3.96. The van der Waals surface area contributed by atoms with Crippen molar-refractivity contribution < 1.29 is 14.7 Å².